The van der Waals surface area contributed by atoms with Crippen molar-refractivity contribution in [1.82, 2.24) is 15.2 Å². The van der Waals surface area contributed by atoms with Crippen molar-refractivity contribution < 1.29 is 14.8 Å². The van der Waals surface area contributed by atoms with Crippen LogP contribution in [0.5, 0.6) is 5.88 Å². The summed E-state index contributed by atoms with van der Waals surface area (Å²) in [5, 5.41) is 24.5. The fourth-order valence-electron chi connectivity index (χ4n) is 1.39. The zero-order chi connectivity index (χ0) is 11.7. The molecular weight excluding hydrogens is 213 g/mol. The Morgan fingerprint density at radius 1 is 1.50 bits per heavy atom. The molecule has 16 heavy (non-hydrogen) atoms. The van der Waals surface area contributed by atoms with E-state index in [0.29, 0.717) is 5.39 Å². The van der Waals surface area contributed by atoms with E-state index in [1.807, 2.05) is 0 Å². The number of hydrogen-bond donors (Lipinski definition) is 3. The Hall–Kier alpha value is -1.93. The molecule has 2 aromatic heterocycles. The molecule has 8 heteroatoms. The van der Waals surface area contributed by atoms with Crippen LogP contribution in [0.3, 0.4) is 0 Å². The van der Waals surface area contributed by atoms with Gasteiger partial charge in [0.05, 0.1) is 18.9 Å². The van der Waals surface area contributed by atoms with Crippen LogP contribution in [-0.4, -0.2) is 39.5 Å². The number of ether oxygens (including phenoxy) is 1. The Kier molecular flexibility index (Phi) is 2.59. The highest BCUT2D eigenvalue weighted by molar-refractivity contribution is 6.57. The standard InChI is InChI=1S/C8H8BN3O4/c1-16-8-6-4(3-10-12-7(6)13)2-5(11-8)9(14)15/h2-3,14-15H,1H3,(H,12,13). The average molecular weight is 221 g/mol. The van der Waals surface area contributed by atoms with E-state index in [2.05, 4.69) is 15.2 Å². The van der Waals surface area contributed by atoms with Gasteiger partial charge in [-0.1, -0.05) is 0 Å². The molecule has 0 saturated heterocycles. The van der Waals surface area contributed by atoms with Gasteiger partial charge in [0.15, 0.2) is 0 Å². The molecule has 0 atom stereocenters. The van der Waals surface area contributed by atoms with Crippen LogP contribution < -0.4 is 15.9 Å². The van der Waals surface area contributed by atoms with E-state index < -0.39 is 12.7 Å². The van der Waals surface area contributed by atoms with Crippen LogP contribution in [-0.2, 0) is 0 Å². The van der Waals surface area contributed by atoms with Gasteiger partial charge in [-0.2, -0.15) is 5.10 Å². The maximum Gasteiger partial charge on any atom is 0.508 e. The summed E-state index contributed by atoms with van der Waals surface area (Å²) in [5.41, 5.74) is -0.447. The molecule has 0 spiro atoms. The first-order valence-electron chi connectivity index (χ1n) is 4.42. The van der Waals surface area contributed by atoms with Gasteiger partial charge in [0.2, 0.25) is 5.88 Å². The van der Waals surface area contributed by atoms with Crippen LogP contribution in [0.15, 0.2) is 17.1 Å². The average Bonchev–Trinajstić information content (AvgIpc) is 2.27. The van der Waals surface area contributed by atoms with Crippen LogP contribution in [0.1, 0.15) is 0 Å². The van der Waals surface area contributed by atoms with Crippen molar-refractivity contribution in [3.05, 3.63) is 22.6 Å². The topological polar surface area (TPSA) is 108 Å². The number of methoxy groups -OCH3 is 1. The Balaban J connectivity index is 2.84. The zero-order valence-electron chi connectivity index (χ0n) is 8.34. The molecule has 0 fully saturated rings. The molecule has 0 aromatic carbocycles. The monoisotopic (exact) mass is 221 g/mol. The van der Waals surface area contributed by atoms with Crippen molar-refractivity contribution in [2.75, 3.05) is 7.11 Å². The maximum absolute atomic E-state index is 11.5. The minimum atomic E-state index is -1.72. The van der Waals surface area contributed by atoms with Crippen molar-refractivity contribution in [2.24, 2.45) is 0 Å². The lowest BCUT2D eigenvalue weighted by atomic mass is 9.85. The highest BCUT2D eigenvalue weighted by Crippen LogP contribution is 2.16. The molecule has 0 radical (unpaired) electrons. The molecule has 0 aliphatic carbocycles. The third-order valence-electron chi connectivity index (χ3n) is 2.09. The summed E-state index contributed by atoms with van der Waals surface area (Å²) < 4.78 is 4.92. The van der Waals surface area contributed by atoms with Gasteiger partial charge >= 0.3 is 7.12 Å². The summed E-state index contributed by atoms with van der Waals surface area (Å²) in [6.07, 6.45) is 1.38. The number of hydrogen-bond acceptors (Lipinski definition) is 6. The summed E-state index contributed by atoms with van der Waals surface area (Å²) in [4.78, 5) is 15.3. The first-order chi connectivity index (χ1) is 7.63. The molecule has 2 heterocycles. The van der Waals surface area contributed by atoms with Gasteiger partial charge in [-0.05, 0) is 6.07 Å². The van der Waals surface area contributed by atoms with E-state index in [1.165, 1.54) is 19.4 Å². The molecule has 0 aliphatic rings. The second-order valence-electron chi connectivity index (χ2n) is 3.09. The van der Waals surface area contributed by atoms with Crippen LogP contribution in [0.4, 0.5) is 0 Å². The minimum absolute atomic E-state index is 0.00301. The molecule has 0 amide bonds. The molecule has 0 bridgehead atoms. The zero-order valence-corrected chi connectivity index (χ0v) is 8.34. The number of fused-ring (bicyclic) bond motifs is 1. The summed E-state index contributed by atoms with van der Waals surface area (Å²) in [5.74, 6) is 0.0317. The predicted octanol–water partition coefficient (Wildman–Crippen LogP) is -1.99. The number of nitrogens with zero attached hydrogens (tertiary/aromatic N) is 2. The first-order valence-corrected chi connectivity index (χ1v) is 4.42. The van der Waals surface area contributed by atoms with Crippen molar-refractivity contribution in [3.63, 3.8) is 0 Å². The Labute approximate surface area is 89.9 Å². The van der Waals surface area contributed by atoms with Gasteiger partial charge in [-0.3, -0.25) is 4.79 Å². The molecule has 3 N–H and O–H groups in total. The maximum atomic E-state index is 11.5. The van der Waals surface area contributed by atoms with Crippen molar-refractivity contribution in [3.8, 4) is 5.88 Å². The van der Waals surface area contributed by atoms with Gasteiger partial charge in [0.1, 0.15) is 5.39 Å². The Bertz CT molecular complexity index is 583. The van der Waals surface area contributed by atoms with E-state index in [4.69, 9.17) is 14.8 Å². The SMILES string of the molecule is COc1nc(B(O)O)cc2cn[nH]c(=O)c12. The normalized spacial score (nSPS) is 10.4. The molecule has 0 aliphatic heterocycles. The third kappa shape index (κ3) is 1.64. The van der Waals surface area contributed by atoms with Crippen LogP contribution >= 0.6 is 0 Å². The number of pyridine rings is 1. The summed E-state index contributed by atoms with van der Waals surface area (Å²) in [6, 6.07) is 1.37. The molecule has 82 valence electrons. The highest BCUT2D eigenvalue weighted by atomic mass is 16.5. The molecule has 7 nitrogen and oxygen atoms in total. The Morgan fingerprint density at radius 2 is 2.25 bits per heavy atom. The van der Waals surface area contributed by atoms with Crippen molar-refractivity contribution >= 4 is 23.5 Å². The fourth-order valence-corrected chi connectivity index (χ4v) is 1.39. The second kappa shape index (κ2) is 3.91. The van der Waals surface area contributed by atoms with Crippen molar-refractivity contribution in [1.29, 1.82) is 0 Å². The lowest BCUT2D eigenvalue weighted by Gasteiger charge is -2.06. The smallest absolute Gasteiger partial charge is 0.480 e. The van der Waals surface area contributed by atoms with E-state index >= 15 is 0 Å². The van der Waals surface area contributed by atoms with Crippen LogP contribution in [0, 0.1) is 0 Å². The van der Waals surface area contributed by atoms with Gasteiger partial charge in [-0.15, -0.1) is 0 Å². The van der Waals surface area contributed by atoms with E-state index in [0.717, 1.165) is 0 Å². The van der Waals surface area contributed by atoms with Crippen molar-refractivity contribution in [2.45, 2.75) is 0 Å². The first kappa shape index (κ1) is 10.6. The largest absolute Gasteiger partial charge is 0.508 e. The van der Waals surface area contributed by atoms with E-state index in [9.17, 15) is 4.79 Å². The van der Waals surface area contributed by atoms with Crippen LogP contribution in [0.25, 0.3) is 10.8 Å². The third-order valence-corrected chi connectivity index (χ3v) is 2.09. The van der Waals surface area contributed by atoms with Gasteiger partial charge in [-0.25, -0.2) is 10.1 Å². The predicted molar refractivity (Wildman–Crippen MR) is 56.5 cm³/mol. The summed E-state index contributed by atoms with van der Waals surface area (Å²) in [6.45, 7) is 0. The number of nitrogens with one attached hydrogen (secondary N) is 1. The van der Waals surface area contributed by atoms with Crippen LogP contribution in [0.2, 0.25) is 0 Å². The number of H-pyrrole nitrogens is 1. The molecular formula is C8H8BN3O4. The summed E-state index contributed by atoms with van der Waals surface area (Å²) >= 11 is 0. The highest BCUT2D eigenvalue weighted by Gasteiger charge is 2.18. The lowest BCUT2D eigenvalue weighted by molar-refractivity contribution is 0.399. The number of aromatic nitrogens is 3. The molecule has 2 aromatic rings. The van der Waals surface area contributed by atoms with Gasteiger partial charge in [0, 0.05) is 5.39 Å². The minimum Gasteiger partial charge on any atom is -0.480 e. The number of aromatic amines is 1. The quantitative estimate of drug-likeness (QED) is 0.506. The molecule has 0 unspecified atom stereocenters. The van der Waals surface area contributed by atoms with Gasteiger partial charge in [0.25, 0.3) is 5.56 Å². The van der Waals surface area contributed by atoms with E-state index in [-0.39, 0.29) is 16.9 Å². The summed E-state index contributed by atoms with van der Waals surface area (Å²) in [7, 11) is -0.382. The Morgan fingerprint density at radius 3 is 2.88 bits per heavy atom. The van der Waals surface area contributed by atoms with E-state index in [1.54, 1.807) is 0 Å². The molecule has 2 rings (SSSR count). The second-order valence-corrected chi connectivity index (χ2v) is 3.09. The fraction of sp³-hybridized carbons (Fsp3) is 0.125. The lowest BCUT2D eigenvalue weighted by Crippen LogP contribution is -2.33. The number of rotatable bonds is 2. The van der Waals surface area contributed by atoms with Gasteiger partial charge < -0.3 is 14.8 Å². The molecule has 0 saturated carbocycles.